The third kappa shape index (κ3) is 3.55. The standard InChI is InChI=1S/C6H6O6/c1-4(11-3-7)12-6(9)5(8)10-2/h4H,1H2,2H3. The van der Waals surface area contributed by atoms with E-state index in [9.17, 15) is 14.4 Å². The van der Waals surface area contributed by atoms with Crippen molar-refractivity contribution in [1.29, 1.82) is 0 Å². The number of hydrogen-bond donors (Lipinski definition) is 0. The lowest BCUT2D eigenvalue weighted by Gasteiger charge is -2.07. The van der Waals surface area contributed by atoms with E-state index in [1.165, 1.54) is 0 Å². The molecule has 0 aromatic carbocycles. The van der Waals surface area contributed by atoms with E-state index >= 15 is 0 Å². The molecule has 0 N–H and O–H groups in total. The normalized spacial score (nSPS) is 11.2. The van der Waals surface area contributed by atoms with E-state index in [2.05, 4.69) is 21.1 Å². The van der Waals surface area contributed by atoms with Gasteiger partial charge >= 0.3 is 18.4 Å². The second-order valence-corrected chi connectivity index (χ2v) is 1.53. The Kier molecular flexibility index (Phi) is 4.43. The molecule has 6 nitrogen and oxygen atoms in total. The van der Waals surface area contributed by atoms with E-state index in [1.54, 1.807) is 0 Å². The predicted molar refractivity (Wildman–Crippen MR) is 34.0 cm³/mol. The zero-order valence-corrected chi connectivity index (χ0v) is 6.23. The van der Waals surface area contributed by atoms with E-state index in [-0.39, 0.29) is 0 Å². The molecule has 0 aromatic heterocycles. The predicted octanol–water partition coefficient (Wildman–Crippen LogP) is -1.05. The third-order valence-corrected chi connectivity index (χ3v) is 0.770. The summed E-state index contributed by atoms with van der Waals surface area (Å²) in [6, 6.07) is 0. The van der Waals surface area contributed by atoms with Crippen LogP contribution in [-0.2, 0) is 28.6 Å². The van der Waals surface area contributed by atoms with Crippen LogP contribution in [0.15, 0.2) is 0 Å². The largest absolute Gasteiger partial charge is 0.461 e. The molecule has 12 heavy (non-hydrogen) atoms. The molecule has 0 aliphatic rings. The number of esters is 2. The third-order valence-electron chi connectivity index (χ3n) is 0.770. The minimum atomic E-state index is -1.39. The topological polar surface area (TPSA) is 78.9 Å². The van der Waals surface area contributed by atoms with Gasteiger partial charge in [-0.25, -0.2) is 14.4 Å². The first-order valence-electron chi connectivity index (χ1n) is 2.76. The molecule has 0 saturated carbocycles. The Morgan fingerprint density at radius 2 is 2.00 bits per heavy atom. The Labute approximate surface area is 68.4 Å². The molecule has 2 radical (unpaired) electrons. The highest BCUT2D eigenvalue weighted by Gasteiger charge is 2.19. The molecule has 0 aliphatic carbocycles. The minimum Gasteiger partial charge on any atom is -0.461 e. The first-order chi connectivity index (χ1) is 5.61. The Hall–Kier alpha value is -1.59. The molecule has 0 heterocycles. The van der Waals surface area contributed by atoms with Crippen molar-refractivity contribution in [3.05, 3.63) is 6.92 Å². The summed E-state index contributed by atoms with van der Waals surface area (Å²) in [5.74, 6) is -2.48. The molecule has 0 bridgehead atoms. The highest BCUT2D eigenvalue weighted by Crippen LogP contribution is 1.92. The van der Waals surface area contributed by atoms with Crippen molar-refractivity contribution >= 4 is 18.4 Å². The van der Waals surface area contributed by atoms with Gasteiger partial charge in [-0.1, -0.05) is 0 Å². The van der Waals surface area contributed by atoms with E-state index in [0.29, 0.717) is 0 Å². The highest BCUT2D eigenvalue weighted by molar-refractivity contribution is 6.29. The number of carbonyl (C=O) groups is 2. The van der Waals surface area contributed by atoms with Crippen molar-refractivity contribution in [3.8, 4) is 0 Å². The van der Waals surface area contributed by atoms with Crippen LogP contribution in [0.2, 0.25) is 0 Å². The average Bonchev–Trinajstić information content (AvgIpc) is 2.03. The fourth-order valence-electron chi connectivity index (χ4n) is 0.329. The molecule has 0 saturated heterocycles. The molecular weight excluding hydrogens is 168 g/mol. The summed E-state index contributed by atoms with van der Waals surface area (Å²) in [6.45, 7) is 4.04. The van der Waals surface area contributed by atoms with Gasteiger partial charge in [0.05, 0.1) is 7.11 Å². The minimum absolute atomic E-state index is 0.988. The van der Waals surface area contributed by atoms with Crippen LogP contribution in [0, 0.1) is 6.92 Å². The molecule has 0 aromatic rings. The molecule has 0 spiro atoms. The van der Waals surface area contributed by atoms with E-state index < -0.39 is 18.2 Å². The maximum atomic E-state index is 10.5. The molecular formula is C6H6O6. The zero-order valence-electron chi connectivity index (χ0n) is 6.23. The molecule has 6 heteroatoms. The number of methoxy groups -OCH3 is 1. The van der Waals surface area contributed by atoms with Gasteiger partial charge in [0.2, 0.25) is 6.29 Å². The van der Waals surface area contributed by atoms with Gasteiger partial charge in [0.1, 0.15) is 0 Å². The van der Waals surface area contributed by atoms with Crippen LogP contribution >= 0.6 is 0 Å². The smallest absolute Gasteiger partial charge is 0.420 e. The molecule has 1 atom stereocenters. The SMILES string of the molecule is [CH2]C(O[C]=O)OC(=O)C(=O)OC. The van der Waals surface area contributed by atoms with Gasteiger partial charge in [-0.05, 0) is 0 Å². The van der Waals surface area contributed by atoms with Crippen LogP contribution in [0.1, 0.15) is 0 Å². The Balaban J connectivity index is 3.83. The lowest BCUT2D eigenvalue weighted by molar-refractivity contribution is -0.175. The monoisotopic (exact) mass is 174 g/mol. The number of rotatable bonds is 3. The van der Waals surface area contributed by atoms with Crippen LogP contribution in [0.4, 0.5) is 0 Å². The second-order valence-electron chi connectivity index (χ2n) is 1.53. The van der Waals surface area contributed by atoms with Crippen LogP contribution < -0.4 is 0 Å². The van der Waals surface area contributed by atoms with Crippen LogP contribution in [0.25, 0.3) is 0 Å². The van der Waals surface area contributed by atoms with Crippen molar-refractivity contribution in [1.82, 2.24) is 0 Å². The van der Waals surface area contributed by atoms with Gasteiger partial charge in [0.25, 0.3) is 0 Å². The Bertz CT molecular complexity index is 186. The molecule has 0 aliphatic heterocycles. The summed E-state index contributed by atoms with van der Waals surface area (Å²) in [6.07, 6.45) is -1.39. The van der Waals surface area contributed by atoms with Gasteiger partial charge in [-0.3, -0.25) is 0 Å². The maximum Gasteiger partial charge on any atom is 0.420 e. The summed E-state index contributed by atoms with van der Waals surface area (Å²) in [7, 11) is 1.01. The lowest BCUT2D eigenvalue weighted by atomic mass is 10.6. The lowest BCUT2D eigenvalue weighted by Crippen LogP contribution is -2.25. The summed E-state index contributed by atoms with van der Waals surface area (Å²) in [5, 5.41) is 0. The summed E-state index contributed by atoms with van der Waals surface area (Å²) >= 11 is 0. The van der Waals surface area contributed by atoms with Crippen molar-refractivity contribution in [2.45, 2.75) is 6.29 Å². The van der Waals surface area contributed by atoms with Gasteiger partial charge in [0, 0.05) is 6.92 Å². The molecule has 1 unspecified atom stereocenters. The summed E-state index contributed by atoms with van der Waals surface area (Å²) in [4.78, 5) is 30.4. The van der Waals surface area contributed by atoms with Gasteiger partial charge in [-0.2, -0.15) is 0 Å². The molecule has 0 rings (SSSR count). The van der Waals surface area contributed by atoms with E-state index in [0.717, 1.165) is 13.6 Å². The molecule has 0 amide bonds. The highest BCUT2D eigenvalue weighted by atomic mass is 16.7. The van der Waals surface area contributed by atoms with Gasteiger partial charge in [0.15, 0.2) is 0 Å². The van der Waals surface area contributed by atoms with Crippen LogP contribution in [0.3, 0.4) is 0 Å². The summed E-state index contributed by atoms with van der Waals surface area (Å²) in [5.41, 5.74) is 0. The van der Waals surface area contributed by atoms with Gasteiger partial charge in [-0.15, -0.1) is 0 Å². The quantitative estimate of drug-likeness (QED) is 0.308. The van der Waals surface area contributed by atoms with Crippen molar-refractivity contribution in [2.75, 3.05) is 7.11 Å². The molecule has 0 fully saturated rings. The maximum absolute atomic E-state index is 10.5. The summed E-state index contributed by atoms with van der Waals surface area (Å²) < 4.78 is 12.1. The second kappa shape index (κ2) is 5.11. The van der Waals surface area contributed by atoms with Crippen molar-refractivity contribution in [2.24, 2.45) is 0 Å². The average molecular weight is 174 g/mol. The van der Waals surface area contributed by atoms with E-state index in [4.69, 9.17) is 0 Å². The van der Waals surface area contributed by atoms with E-state index in [1.807, 2.05) is 0 Å². The van der Waals surface area contributed by atoms with Gasteiger partial charge < -0.3 is 14.2 Å². The van der Waals surface area contributed by atoms with Crippen molar-refractivity contribution in [3.63, 3.8) is 0 Å². The fourth-order valence-corrected chi connectivity index (χ4v) is 0.329. The Morgan fingerprint density at radius 3 is 2.42 bits per heavy atom. The number of carbonyl (C=O) groups excluding carboxylic acids is 3. The first kappa shape index (κ1) is 10.4. The number of ether oxygens (including phenoxy) is 3. The number of hydrogen-bond acceptors (Lipinski definition) is 6. The Morgan fingerprint density at radius 1 is 1.42 bits per heavy atom. The fraction of sp³-hybridized carbons (Fsp3) is 0.333. The molecule has 66 valence electrons. The first-order valence-corrected chi connectivity index (χ1v) is 2.76. The van der Waals surface area contributed by atoms with Crippen LogP contribution in [-0.4, -0.2) is 31.8 Å². The van der Waals surface area contributed by atoms with Crippen LogP contribution in [0.5, 0.6) is 0 Å². The van der Waals surface area contributed by atoms with Crippen molar-refractivity contribution < 1.29 is 28.6 Å². The zero-order chi connectivity index (χ0) is 9.56.